The lowest BCUT2D eigenvalue weighted by atomic mass is 9.85. The van der Waals surface area contributed by atoms with Gasteiger partial charge in [0.05, 0.1) is 6.20 Å². The summed E-state index contributed by atoms with van der Waals surface area (Å²) in [6.07, 6.45) is 5.66. The van der Waals surface area contributed by atoms with E-state index < -0.39 is 0 Å². The van der Waals surface area contributed by atoms with Crippen LogP contribution in [0, 0.1) is 6.92 Å². The lowest BCUT2D eigenvalue weighted by Crippen LogP contribution is -2.11. The Morgan fingerprint density at radius 1 is 1.04 bits per heavy atom. The van der Waals surface area contributed by atoms with Gasteiger partial charge in [0.15, 0.2) is 5.58 Å². The quantitative estimate of drug-likeness (QED) is 0.482. The second-order valence-electron chi connectivity index (χ2n) is 7.92. The highest BCUT2D eigenvalue weighted by Gasteiger charge is 2.18. The smallest absolute Gasteiger partial charge is 0.161 e. The van der Waals surface area contributed by atoms with Gasteiger partial charge in [-0.05, 0) is 36.1 Å². The summed E-state index contributed by atoms with van der Waals surface area (Å²) >= 11 is 0. The molecule has 3 heterocycles. The summed E-state index contributed by atoms with van der Waals surface area (Å²) in [6.45, 7) is 8.81. The molecule has 0 radical (unpaired) electrons. The molecule has 0 spiro atoms. The predicted octanol–water partition coefficient (Wildman–Crippen LogP) is 5.50. The number of aryl methyl sites for hydroxylation is 2. The molecule has 0 aliphatic carbocycles. The topological polar surface area (TPSA) is 43.9 Å². The standard InChI is InChI=1S/C22H23N3O/c1-14-8-15(10-17(9-14)22(2,3)4)20-11-19-21(26-20)18(6-7-23-19)16-12-24-25(5)13-16/h6-13H,1-5H3. The van der Waals surface area contributed by atoms with Crippen molar-refractivity contribution < 1.29 is 4.42 Å². The summed E-state index contributed by atoms with van der Waals surface area (Å²) in [7, 11) is 1.91. The first-order chi connectivity index (χ1) is 12.3. The second-order valence-corrected chi connectivity index (χ2v) is 7.92. The van der Waals surface area contributed by atoms with Gasteiger partial charge in [0.1, 0.15) is 11.3 Å². The molecule has 0 fully saturated rings. The fourth-order valence-electron chi connectivity index (χ4n) is 3.23. The summed E-state index contributed by atoms with van der Waals surface area (Å²) in [5.41, 5.74) is 7.41. The Morgan fingerprint density at radius 2 is 1.85 bits per heavy atom. The van der Waals surface area contributed by atoms with Gasteiger partial charge >= 0.3 is 0 Å². The fraction of sp³-hybridized carbons (Fsp3) is 0.273. The molecule has 0 atom stereocenters. The van der Waals surface area contributed by atoms with Crippen LogP contribution in [0.25, 0.3) is 33.6 Å². The summed E-state index contributed by atoms with van der Waals surface area (Å²) in [6, 6.07) is 10.6. The van der Waals surface area contributed by atoms with E-state index in [0.717, 1.165) is 33.6 Å². The third kappa shape index (κ3) is 2.92. The van der Waals surface area contributed by atoms with Crippen LogP contribution in [0.1, 0.15) is 31.9 Å². The molecule has 0 aliphatic rings. The van der Waals surface area contributed by atoms with Crippen LogP contribution in [0.15, 0.2) is 53.3 Å². The van der Waals surface area contributed by atoms with E-state index in [0.29, 0.717) is 0 Å². The normalized spacial score (nSPS) is 12.0. The first-order valence-corrected chi connectivity index (χ1v) is 8.81. The molecule has 4 nitrogen and oxygen atoms in total. The van der Waals surface area contributed by atoms with Crippen LogP contribution in [0.3, 0.4) is 0 Å². The Bertz CT molecular complexity index is 1100. The number of furan rings is 1. The molecule has 26 heavy (non-hydrogen) atoms. The minimum atomic E-state index is 0.0892. The Balaban J connectivity index is 1.88. The maximum Gasteiger partial charge on any atom is 0.161 e. The van der Waals surface area contributed by atoms with Gasteiger partial charge in [0.25, 0.3) is 0 Å². The number of aromatic nitrogens is 3. The van der Waals surface area contributed by atoms with E-state index >= 15 is 0 Å². The molecule has 0 N–H and O–H groups in total. The molecule has 4 rings (SSSR count). The van der Waals surface area contributed by atoms with E-state index in [1.165, 1.54) is 11.1 Å². The highest BCUT2D eigenvalue weighted by Crippen LogP contribution is 2.35. The van der Waals surface area contributed by atoms with Gasteiger partial charge in [-0.3, -0.25) is 9.67 Å². The van der Waals surface area contributed by atoms with Crippen LogP contribution in [-0.4, -0.2) is 14.8 Å². The Hall–Kier alpha value is -2.88. The minimum Gasteiger partial charge on any atom is -0.454 e. The number of hydrogen-bond donors (Lipinski definition) is 0. The van der Waals surface area contributed by atoms with Gasteiger partial charge < -0.3 is 4.42 Å². The monoisotopic (exact) mass is 345 g/mol. The molecule has 4 aromatic rings. The van der Waals surface area contributed by atoms with Crippen molar-refractivity contribution in [2.24, 2.45) is 7.05 Å². The largest absolute Gasteiger partial charge is 0.454 e. The molecule has 4 heteroatoms. The maximum absolute atomic E-state index is 6.27. The maximum atomic E-state index is 6.27. The molecule has 0 bridgehead atoms. The van der Waals surface area contributed by atoms with E-state index in [1.807, 2.05) is 37.8 Å². The molecular formula is C22H23N3O. The van der Waals surface area contributed by atoms with Crippen molar-refractivity contribution >= 4 is 11.1 Å². The second kappa shape index (κ2) is 5.84. The van der Waals surface area contributed by atoms with E-state index in [-0.39, 0.29) is 5.41 Å². The van der Waals surface area contributed by atoms with E-state index in [2.05, 4.69) is 56.0 Å². The van der Waals surface area contributed by atoms with E-state index in [9.17, 15) is 0 Å². The van der Waals surface area contributed by atoms with Crippen molar-refractivity contribution in [1.29, 1.82) is 0 Å². The van der Waals surface area contributed by atoms with Gasteiger partial charge in [0, 0.05) is 42.2 Å². The van der Waals surface area contributed by atoms with Crippen molar-refractivity contribution in [2.45, 2.75) is 33.1 Å². The van der Waals surface area contributed by atoms with Crippen LogP contribution in [0.5, 0.6) is 0 Å². The van der Waals surface area contributed by atoms with Gasteiger partial charge in [-0.25, -0.2) is 0 Å². The SMILES string of the molecule is Cc1cc(-c2cc3nccc(-c4cnn(C)c4)c3o2)cc(C(C)(C)C)c1. The average molecular weight is 345 g/mol. The zero-order valence-corrected chi connectivity index (χ0v) is 15.9. The molecule has 0 saturated carbocycles. The summed E-state index contributed by atoms with van der Waals surface area (Å²) < 4.78 is 8.07. The molecule has 0 amide bonds. The number of benzene rings is 1. The van der Waals surface area contributed by atoms with Crippen LogP contribution >= 0.6 is 0 Å². The Labute approximate surface area is 153 Å². The van der Waals surface area contributed by atoms with Gasteiger partial charge in [-0.1, -0.05) is 32.4 Å². The van der Waals surface area contributed by atoms with Crippen molar-refractivity contribution in [1.82, 2.24) is 14.8 Å². The van der Waals surface area contributed by atoms with Crippen LogP contribution in [-0.2, 0) is 12.5 Å². The summed E-state index contributed by atoms with van der Waals surface area (Å²) in [5.74, 6) is 0.845. The van der Waals surface area contributed by atoms with Crippen molar-refractivity contribution in [2.75, 3.05) is 0 Å². The van der Waals surface area contributed by atoms with Gasteiger partial charge in [-0.15, -0.1) is 0 Å². The van der Waals surface area contributed by atoms with E-state index in [1.54, 1.807) is 4.68 Å². The molecule has 0 aliphatic heterocycles. The molecule has 0 saturated heterocycles. The number of pyridine rings is 1. The Kier molecular flexibility index (Phi) is 3.72. The zero-order chi connectivity index (χ0) is 18.5. The number of rotatable bonds is 2. The summed E-state index contributed by atoms with van der Waals surface area (Å²) in [5, 5.41) is 4.27. The molecule has 3 aromatic heterocycles. The first-order valence-electron chi connectivity index (χ1n) is 8.81. The van der Waals surface area contributed by atoms with Crippen molar-refractivity contribution in [3.05, 3.63) is 60.0 Å². The highest BCUT2D eigenvalue weighted by molar-refractivity contribution is 5.92. The number of hydrogen-bond acceptors (Lipinski definition) is 3. The first kappa shape index (κ1) is 16.6. The fourth-order valence-corrected chi connectivity index (χ4v) is 3.23. The van der Waals surface area contributed by atoms with Crippen molar-refractivity contribution in [3.63, 3.8) is 0 Å². The predicted molar refractivity (Wildman–Crippen MR) is 105 cm³/mol. The number of fused-ring (bicyclic) bond motifs is 1. The summed E-state index contributed by atoms with van der Waals surface area (Å²) in [4.78, 5) is 4.49. The van der Waals surface area contributed by atoms with Gasteiger partial charge in [0.2, 0.25) is 0 Å². The Morgan fingerprint density at radius 3 is 2.54 bits per heavy atom. The molecule has 0 unspecified atom stereocenters. The van der Waals surface area contributed by atoms with Crippen LogP contribution < -0.4 is 0 Å². The third-order valence-electron chi connectivity index (χ3n) is 4.66. The van der Waals surface area contributed by atoms with E-state index in [4.69, 9.17) is 4.42 Å². The number of nitrogens with zero attached hydrogens (tertiary/aromatic N) is 3. The molecule has 132 valence electrons. The molecule has 1 aromatic carbocycles. The third-order valence-corrected chi connectivity index (χ3v) is 4.66. The highest BCUT2D eigenvalue weighted by atomic mass is 16.3. The molecular weight excluding hydrogens is 322 g/mol. The van der Waals surface area contributed by atoms with Crippen LogP contribution in [0.2, 0.25) is 0 Å². The minimum absolute atomic E-state index is 0.0892. The lowest BCUT2D eigenvalue weighted by Gasteiger charge is -2.20. The lowest BCUT2D eigenvalue weighted by molar-refractivity contribution is 0.588. The van der Waals surface area contributed by atoms with Gasteiger partial charge in [-0.2, -0.15) is 5.10 Å². The average Bonchev–Trinajstić information content (AvgIpc) is 3.19. The van der Waals surface area contributed by atoms with Crippen molar-refractivity contribution in [3.8, 4) is 22.5 Å². The zero-order valence-electron chi connectivity index (χ0n) is 15.9. The van der Waals surface area contributed by atoms with Crippen LogP contribution in [0.4, 0.5) is 0 Å².